The Hall–Kier alpha value is -0.900. The van der Waals surface area contributed by atoms with Gasteiger partial charge in [-0.15, -0.1) is 0 Å². The van der Waals surface area contributed by atoms with Crippen molar-refractivity contribution in [1.29, 1.82) is 0 Å². The Morgan fingerprint density at radius 3 is 2.50 bits per heavy atom. The molecule has 0 aromatic heterocycles. The Labute approximate surface area is 90.2 Å². The van der Waals surface area contributed by atoms with E-state index in [1.165, 1.54) is 14.2 Å². The second-order valence-electron chi connectivity index (χ2n) is 2.55. The second kappa shape index (κ2) is 8.69. The molecule has 0 heterocycles. The highest BCUT2D eigenvalue weighted by Crippen LogP contribution is 2.03. The zero-order chi connectivity index (χ0) is 14.4. The zero-order valence-corrected chi connectivity index (χ0v) is 8.46. The van der Waals surface area contributed by atoms with Crippen molar-refractivity contribution in [2.75, 3.05) is 20.8 Å². The summed E-state index contributed by atoms with van der Waals surface area (Å²) in [5.41, 5.74) is 0. The number of rotatable bonds is 8. The Morgan fingerprint density at radius 1 is 1.21 bits per heavy atom. The summed E-state index contributed by atoms with van der Waals surface area (Å²) in [4.78, 5) is 22.5. The minimum absolute atomic E-state index is 0.00340. The monoisotopic (exact) mass is 206 g/mol. The average molecular weight is 206 g/mol. The molecule has 0 aromatic rings. The topological polar surface area (TPSA) is 52.6 Å². The van der Waals surface area contributed by atoms with Crippen LogP contribution in [-0.2, 0) is 19.1 Å². The van der Waals surface area contributed by atoms with Crippen LogP contribution >= 0.6 is 0 Å². The van der Waals surface area contributed by atoms with Gasteiger partial charge in [-0.2, -0.15) is 0 Å². The highest BCUT2D eigenvalue weighted by molar-refractivity contribution is 5.78. The van der Waals surface area contributed by atoms with Crippen LogP contribution in [0.4, 0.5) is 0 Å². The molecule has 0 saturated heterocycles. The average Bonchev–Trinajstić information content (AvgIpc) is 2.27. The van der Waals surface area contributed by atoms with Crippen LogP contribution in [0.2, 0.25) is 0 Å². The van der Waals surface area contributed by atoms with Gasteiger partial charge >= 0.3 is 5.97 Å². The van der Waals surface area contributed by atoms with Gasteiger partial charge in [0, 0.05) is 31.8 Å². The molecule has 0 saturated carbocycles. The predicted octanol–water partition coefficient (Wildman–Crippen LogP) is 1.33. The Morgan fingerprint density at radius 2 is 1.93 bits per heavy atom. The number of hydrogen-bond donors (Lipinski definition) is 0. The highest BCUT2D eigenvalue weighted by Gasteiger charge is 2.03. The molecule has 4 heteroatoms. The fourth-order valence-corrected chi connectivity index (χ4v) is 0.737. The van der Waals surface area contributed by atoms with E-state index in [4.69, 9.17) is 5.48 Å². The molecule has 0 aromatic carbocycles. The lowest BCUT2D eigenvalue weighted by atomic mass is 10.1. The summed E-state index contributed by atoms with van der Waals surface area (Å²) in [6.07, 6.45) is -4.81. The molecule has 4 nitrogen and oxygen atoms in total. The summed E-state index contributed by atoms with van der Waals surface area (Å²) in [6.45, 7) is -0.498. The quantitative estimate of drug-likeness (QED) is 0.562. The summed E-state index contributed by atoms with van der Waals surface area (Å²) in [6, 6.07) is 0. The first-order valence-corrected chi connectivity index (χ1v) is 4.28. The van der Waals surface area contributed by atoms with Crippen LogP contribution in [0.5, 0.6) is 0 Å². The van der Waals surface area contributed by atoms with Gasteiger partial charge < -0.3 is 9.47 Å². The first-order valence-electron chi connectivity index (χ1n) is 6.28. The van der Waals surface area contributed by atoms with E-state index in [9.17, 15) is 9.59 Å². The maximum absolute atomic E-state index is 11.7. The van der Waals surface area contributed by atoms with Crippen molar-refractivity contribution >= 4 is 11.8 Å². The third kappa shape index (κ3) is 7.73. The number of methoxy groups -OCH3 is 2. The van der Waals surface area contributed by atoms with Crippen molar-refractivity contribution < 1.29 is 24.5 Å². The van der Waals surface area contributed by atoms with Crippen molar-refractivity contribution in [3.8, 4) is 0 Å². The van der Waals surface area contributed by atoms with Crippen molar-refractivity contribution in [3.05, 3.63) is 0 Å². The van der Waals surface area contributed by atoms with Gasteiger partial charge in [-0.3, -0.25) is 9.59 Å². The van der Waals surface area contributed by atoms with Crippen molar-refractivity contribution in [2.45, 2.75) is 32.0 Å². The molecular weight excluding hydrogens is 184 g/mol. The fourth-order valence-electron chi connectivity index (χ4n) is 0.737. The molecule has 0 N–H and O–H groups in total. The molecule has 14 heavy (non-hydrogen) atoms. The van der Waals surface area contributed by atoms with E-state index in [2.05, 4.69) is 9.47 Å². The number of ketones is 1. The molecule has 0 atom stereocenters. The smallest absolute Gasteiger partial charge is 0.305 e. The van der Waals surface area contributed by atoms with E-state index in [-0.39, 0.29) is 19.3 Å². The number of carbonyl (C=O) groups excluding carboxylic acids is 2. The summed E-state index contributed by atoms with van der Waals surface area (Å²) in [5.74, 6) is -1.65. The van der Waals surface area contributed by atoms with Gasteiger partial charge in [-0.25, -0.2) is 0 Å². The van der Waals surface area contributed by atoms with Crippen LogP contribution in [-0.4, -0.2) is 32.6 Å². The van der Waals surface area contributed by atoms with E-state index in [0.29, 0.717) is 0 Å². The van der Waals surface area contributed by atoms with Gasteiger partial charge in [0.15, 0.2) is 0 Å². The first-order chi connectivity index (χ1) is 8.17. The third-order valence-electron chi connectivity index (χ3n) is 1.45. The fraction of sp³-hybridized carbons (Fsp3) is 0.800. The number of ether oxygens (including phenoxy) is 2. The lowest BCUT2D eigenvalue weighted by Gasteiger charge is -2.00. The molecule has 0 spiro atoms. The normalized spacial score (nSPS) is 16.1. The maximum Gasteiger partial charge on any atom is 0.305 e. The van der Waals surface area contributed by atoms with Crippen molar-refractivity contribution in [3.63, 3.8) is 0 Å². The molecule has 0 radical (unpaired) electrons. The highest BCUT2D eigenvalue weighted by atomic mass is 16.5. The molecule has 0 aliphatic carbocycles. The van der Waals surface area contributed by atoms with Crippen molar-refractivity contribution in [2.24, 2.45) is 0 Å². The number of hydrogen-bond acceptors (Lipinski definition) is 4. The lowest BCUT2D eigenvalue weighted by molar-refractivity contribution is -0.140. The van der Waals surface area contributed by atoms with Crippen LogP contribution in [0.15, 0.2) is 0 Å². The molecule has 0 aliphatic rings. The summed E-state index contributed by atoms with van der Waals surface area (Å²) < 4.78 is 38.8. The molecule has 0 bridgehead atoms. The molecular formula is C10H18O4. The summed E-state index contributed by atoms with van der Waals surface area (Å²) in [5, 5.41) is 0. The molecule has 82 valence electrons. The lowest BCUT2D eigenvalue weighted by Crippen LogP contribution is -2.04. The van der Waals surface area contributed by atoms with Gasteiger partial charge in [0.25, 0.3) is 0 Å². The van der Waals surface area contributed by atoms with Gasteiger partial charge in [0.1, 0.15) is 5.78 Å². The zero-order valence-electron chi connectivity index (χ0n) is 12.5. The predicted molar refractivity (Wildman–Crippen MR) is 52.0 cm³/mol. The van der Waals surface area contributed by atoms with Gasteiger partial charge in [-0.1, -0.05) is 0 Å². The van der Waals surface area contributed by atoms with E-state index in [1.807, 2.05) is 0 Å². The van der Waals surface area contributed by atoms with Crippen LogP contribution in [0.25, 0.3) is 0 Å². The number of carbonyl (C=O) groups is 2. The van der Waals surface area contributed by atoms with E-state index < -0.39 is 31.1 Å². The number of Topliss-reactive ketones (excluding diaryl/α,β-unsaturated/α-hetero) is 1. The molecule has 0 rings (SSSR count). The van der Waals surface area contributed by atoms with E-state index in [0.717, 1.165) is 0 Å². The van der Waals surface area contributed by atoms with Gasteiger partial charge in [0.2, 0.25) is 0 Å². The molecule has 0 fully saturated rings. The third-order valence-corrected chi connectivity index (χ3v) is 1.45. The Balaban J connectivity index is 4.44. The first kappa shape index (κ1) is 7.40. The largest absolute Gasteiger partial charge is 0.469 e. The van der Waals surface area contributed by atoms with Crippen molar-refractivity contribution in [1.82, 2.24) is 0 Å². The maximum atomic E-state index is 11.7. The Bertz CT molecular complexity index is 304. The molecule has 0 unspecified atom stereocenters. The number of esters is 1. The van der Waals surface area contributed by atoms with Crippen LogP contribution in [0, 0.1) is 0 Å². The van der Waals surface area contributed by atoms with Crippen LogP contribution in [0.3, 0.4) is 0 Å². The van der Waals surface area contributed by atoms with E-state index >= 15 is 0 Å². The van der Waals surface area contributed by atoms with Crippen LogP contribution in [0.1, 0.15) is 37.5 Å². The SMILES string of the molecule is [2H]C([2H])(CCCC(=O)OC)C(=O)C([2H])([2H])COC. The molecule has 0 amide bonds. The molecule has 0 aliphatic heterocycles. The van der Waals surface area contributed by atoms with Gasteiger partial charge in [0.05, 0.1) is 13.7 Å². The Kier molecular flexibility index (Phi) is 4.59. The van der Waals surface area contributed by atoms with Gasteiger partial charge in [-0.05, 0) is 12.8 Å². The minimum Gasteiger partial charge on any atom is -0.469 e. The minimum atomic E-state index is -2.37. The second-order valence-corrected chi connectivity index (χ2v) is 2.55. The summed E-state index contributed by atoms with van der Waals surface area (Å²) >= 11 is 0. The van der Waals surface area contributed by atoms with Crippen LogP contribution < -0.4 is 0 Å². The van der Waals surface area contributed by atoms with E-state index in [1.54, 1.807) is 0 Å². The standard InChI is InChI=1S/C10H18O4/c1-13-8-7-9(11)5-3-4-6-10(12)14-2/h3-8H2,1-2H3/i5D2,7D2. The summed E-state index contributed by atoms with van der Waals surface area (Å²) in [7, 11) is 2.46.